The van der Waals surface area contributed by atoms with Gasteiger partial charge < -0.3 is 14.8 Å². The Labute approximate surface area is 168 Å². The minimum absolute atomic E-state index is 0.130. The van der Waals surface area contributed by atoms with E-state index in [4.69, 9.17) is 9.47 Å². The highest BCUT2D eigenvalue weighted by atomic mass is 32.1. The SMILES string of the molecule is COc1ccccc1[C@@]1(CC[NH2+][C@@H](C)c2cccs2)CCO[C@@H](C(C)C)C1. The highest BCUT2D eigenvalue weighted by Crippen LogP contribution is 2.44. The maximum atomic E-state index is 6.13. The number of thiophene rings is 1. The summed E-state index contributed by atoms with van der Waals surface area (Å²) >= 11 is 1.85. The Bertz CT molecular complexity index is 700. The maximum Gasteiger partial charge on any atom is 0.122 e. The molecule has 0 amide bonds. The third-order valence-corrected chi connectivity index (χ3v) is 7.13. The number of quaternary nitrogens is 1. The van der Waals surface area contributed by atoms with Gasteiger partial charge in [-0.1, -0.05) is 38.1 Å². The van der Waals surface area contributed by atoms with Gasteiger partial charge in [0.05, 0.1) is 24.6 Å². The molecule has 27 heavy (non-hydrogen) atoms. The minimum Gasteiger partial charge on any atom is -0.496 e. The number of nitrogens with two attached hydrogens (primary N) is 1. The Kier molecular flexibility index (Phi) is 6.96. The summed E-state index contributed by atoms with van der Waals surface area (Å²) < 4.78 is 11.9. The molecule has 2 N–H and O–H groups in total. The summed E-state index contributed by atoms with van der Waals surface area (Å²) in [5.74, 6) is 1.56. The van der Waals surface area contributed by atoms with E-state index in [2.05, 4.69) is 67.9 Å². The molecule has 148 valence electrons. The van der Waals surface area contributed by atoms with E-state index >= 15 is 0 Å². The monoisotopic (exact) mass is 388 g/mol. The van der Waals surface area contributed by atoms with Crippen LogP contribution in [0.15, 0.2) is 41.8 Å². The number of hydrogen-bond acceptors (Lipinski definition) is 3. The van der Waals surface area contributed by atoms with Gasteiger partial charge in [-0.05, 0) is 43.2 Å². The Hall–Kier alpha value is -1.36. The molecular formula is C23H34NO2S+. The van der Waals surface area contributed by atoms with Gasteiger partial charge in [0.1, 0.15) is 11.8 Å². The van der Waals surface area contributed by atoms with Crippen LogP contribution >= 0.6 is 11.3 Å². The molecular weight excluding hydrogens is 354 g/mol. The second-order valence-corrected chi connectivity index (χ2v) is 9.15. The van der Waals surface area contributed by atoms with Gasteiger partial charge in [0.2, 0.25) is 0 Å². The molecule has 1 aromatic carbocycles. The zero-order valence-corrected chi connectivity index (χ0v) is 17.9. The van der Waals surface area contributed by atoms with Crippen LogP contribution in [0.5, 0.6) is 5.75 Å². The van der Waals surface area contributed by atoms with Gasteiger partial charge in [-0.15, -0.1) is 11.3 Å². The van der Waals surface area contributed by atoms with Crippen LogP contribution in [0.2, 0.25) is 0 Å². The number of benzene rings is 1. The van der Waals surface area contributed by atoms with Crippen molar-refractivity contribution in [3.05, 3.63) is 52.2 Å². The molecule has 0 unspecified atom stereocenters. The molecule has 2 aromatic rings. The standard InChI is InChI=1S/C23H33NO2S/c1-17(2)21-16-23(12-14-26-21,19-8-5-6-9-20(19)25-4)11-13-24-18(3)22-10-7-15-27-22/h5-10,15,17-18,21,24H,11-14,16H2,1-4H3/p+1/t18-,21+,23-/m0/s1. The molecule has 0 spiro atoms. The van der Waals surface area contributed by atoms with E-state index in [1.54, 1.807) is 7.11 Å². The highest BCUT2D eigenvalue weighted by Gasteiger charge is 2.41. The first kappa shape index (κ1) is 20.4. The first-order valence-corrected chi connectivity index (χ1v) is 11.1. The number of para-hydroxylation sites is 1. The van der Waals surface area contributed by atoms with Gasteiger partial charge in [0, 0.05) is 24.0 Å². The van der Waals surface area contributed by atoms with Crippen molar-refractivity contribution in [2.24, 2.45) is 5.92 Å². The molecule has 2 heterocycles. The molecule has 0 saturated carbocycles. The molecule has 4 heteroatoms. The summed E-state index contributed by atoms with van der Waals surface area (Å²) in [6.07, 6.45) is 3.61. The van der Waals surface area contributed by atoms with Crippen LogP contribution in [0.4, 0.5) is 0 Å². The Balaban J connectivity index is 1.79. The second kappa shape index (κ2) is 9.22. The molecule has 3 atom stereocenters. The average Bonchev–Trinajstić information content (AvgIpc) is 3.23. The van der Waals surface area contributed by atoms with Crippen molar-refractivity contribution in [3.8, 4) is 5.75 Å². The van der Waals surface area contributed by atoms with Crippen LogP contribution in [0, 0.1) is 5.92 Å². The van der Waals surface area contributed by atoms with Crippen LogP contribution in [0.25, 0.3) is 0 Å². The molecule has 1 aliphatic heterocycles. The van der Waals surface area contributed by atoms with E-state index < -0.39 is 0 Å². The van der Waals surface area contributed by atoms with Crippen molar-refractivity contribution in [1.82, 2.24) is 0 Å². The van der Waals surface area contributed by atoms with E-state index in [9.17, 15) is 0 Å². The summed E-state index contributed by atoms with van der Waals surface area (Å²) in [5, 5.41) is 4.66. The molecule has 1 aromatic heterocycles. The van der Waals surface area contributed by atoms with Crippen LogP contribution in [0.1, 0.15) is 56.5 Å². The number of rotatable bonds is 8. The van der Waals surface area contributed by atoms with E-state index in [0.29, 0.717) is 18.1 Å². The van der Waals surface area contributed by atoms with Gasteiger partial charge in [0.25, 0.3) is 0 Å². The number of methoxy groups -OCH3 is 1. The summed E-state index contributed by atoms with van der Waals surface area (Å²) in [7, 11) is 1.79. The predicted molar refractivity (Wildman–Crippen MR) is 113 cm³/mol. The largest absolute Gasteiger partial charge is 0.496 e. The molecule has 0 radical (unpaired) electrons. The van der Waals surface area contributed by atoms with Gasteiger partial charge in [0.15, 0.2) is 0 Å². The third-order valence-electron chi connectivity index (χ3n) is 6.06. The van der Waals surface area contributed by atoms with Gasteiger partial charge in [-0.25, -0.2) is 0 Å². The van der Waals surface area contributed by atoms with Crippen LogP contribution in [0.3, 0.4) is 0 Å². The summed E-state index contributed by atoms with van der Waals surface area (Å²) in [6.45, 7) is 8.80. The lowest BCUT2D eigenvalue weighted by atomic mass is 9.68. The Morgan fingerprint density at radius 1 is 1.22 bits per heavy atom. The van der Waals surface area contributed by atoms with Crippen molar-refractivity contribution in [2.75, 3.05) is 20.3 Å². The first-order chi connectivity index (χ1) is 13.1. The topological polar surface area (TPSA) is 35.1 Å². The van der Waals surface area contributed by atoms with E-state index in [0.717, 1.165) is 38.2 Å². The molecule has 0 aliphatic carbocycles. The lowest BCUT2D eigenvalue weighted by Crippen LogP contribution is -2.85. The highest BCUT2D eigenvalue weighted by molar-refractivity contribution is 7.10. The van der Waals surface area contributed by atoms with Crippen molar-refractivity contribution in [3.63, 3.8) is 0 Å². The molecule has 0 bridgehead atoms. The van der Waals surface area contributed by atoms with Crippen LogP contribution in [-0.4, -0.2) is 26.4 Å². The fraction of sp³-hybridized carbons (Fsp3) is 0.565. The Morgan fingerprint density at radius 2 is 2.04 bits per heavy atom. The molecule has 1 fully saturated rings. The average molecular weight is 389 g/mol. The van der Waals surface area contributed by atoms with Gasteiger partial charge in [-0.3, -0.25) is 0 Å². The minimum atomic E-state index is 0.130. The number of ether oxygens (including phenoxy) is 2. The van der Waals surface area contributed by atoms with Crippen LogP contribution < -0.4 is 10.1 Å². The van der Waals surface area contributed by atoms with Crippen molar-refractivity contribution in [2.45, 2.75) is 57.6 Å². The van der Waals surface area contributed by atoms with Crippen molar-refractivity contribution in [1.29, 1.82) is 0 Å². The van der Waals surface area contributed by atoms with Crippen LogP contribution in [-0.2, 0) is 10.2 Å². The smallest absolute Gasteiger partial charge is 0.122 e. The predicted octanol–water partition coefficient (Wildman–Crippen LogP) is 4.54. The fourth-order valence-corrected chi connectivity index (χ4v) is 5.13. The molecule has 3 rings (SSSR count). The number of hydrogen-bond donors (Lipinski definition) is 1. The van der Waals surface area contributed by atoms with Crippen molar-refractivity contribution >= 4 is 11.3 Å². The zero-order valence-electron chi connectivity index (χ0n) is 17.1. The van der Waals surface area contributed by atoms with E-state index in [-0.39, 0.29) is 5.41 Å². The van der Waals surface area contributed by atoms with E-state index in [1.165, 1.54) is 10.4 Å². The molecule has 1 saturated heterocycles. The molecule has 3 nitrogen and oxygen atoms in total. The zero-order chi connectivity index (χ0) is 19.3. The lowest BCUT2D eigenvalue weighted by molar-refractivity contribution is -0.693. The second-order valence-electron chi connectivity index (χ2n) is 8.17. The van der Waals surface area contributed by atoms with Crippen molar-refractivity contribution < 1.29 is 14.8 Å². The quantitative estimate of drug-likeness (QED) is 0.720. The van der Waals surface area contributed by atoms with Gasteiger partial charge >= 0.3 is 0 Å². The summed E-state index contributed by atoms with van der Waals surface area (Å²) in [5.41, 5.74) is 1.49. The Morgan fingerprint density at radius 3 is 2.74 bits per heavy atom. The maximum absolute atomic E-state index is 6.13. The van der Waals surface area contributed by atoms with E-state index in [1.807, 2.05) is 11.3 Å². The summed E-state index contributed by atoms with van der Waals surface area (Å²) in [6, 6.07) is 13.5. The fourth-order valence-electron chi connectivity index (χ4n) is 4.35. The lowest BCUT2D eigenvalue weighted by Gasteiger charge is -2.43. The normalized spacial score (nSPS) is 24.1. The molecule has 1 aliphatic rings. The first-order valence-electron chi connectivity index (χ1n) is 10.2. The summed E-state index contributed by atoms with van der Waals surface area (Å²) in [4.78, 5) is 1.45. The third kappa shape index (κ3) is 4.74. The van der Waals surface area contributed by atoms with Gasteiger partial charge in [-0.2, -0.15) is 0 Å².